The van der Waals surface area contributed by atoms with Gasteiger partial charge < -0.3 is 10.2 Å². The van der Waals surface area contributed by atoms with E-state index in [1.807, 2.05) is 12.4 Å². The van der Waals surface area contributed by atoms with Gasteiger partial charge in [-0.15, -0.1) is 0 Å². The highest BCUT2D eigenvalue weighted by Gasteiger charge is 2.16. The maximum atomic E-state index is 4.45. The molecule has 2 rings (SSSR count). The van der Waals surface area contributed by atoms with Crippen LogP contribution in [0.25, 0.3) is 0 Å². The normalized spacial score (nSPS) is 16.4. The molecule has 1 N–H and O–H groups in total. The van der Waals surface area contributed by atoms with Crippen LogP contribution in [-0.2, 0) is 6.54 Å². The standard InChI is InChI=1S/C14H24N4/c1-3-15-14-9-16-13(8-17-14)11-18(2)10-12-6-4-5-7-12/h8-9,12H,3-7,10-11H2,1-2H3,(H,15,17). The van der Waals surface area contributed by atoms with Crippen molar-refractivity contribution in [2.75, 3.05) is 25.5 Å². The zero-order chi connectivity index (χ0) is 12.8. The Bertz CT molecular complexity index is 343. The summed E-state index contributed by atoms with van der Waals surface area (Å²) in [6.07, 6.45) is 9.32. The molecule has 1 aliphatic carbocycles. The minimum absolute atomic E-state index is 0.861. The Kier molecular flexibility index (Phi) is 4.93. The van der Waals surface area contributed by atoms with Crippen molar-refractivity contribution in [2.45, 2.75) is 39.2 Å². The van der Waals surface area contributed by atoms with Crippen LogP contribution in [0, 0.1) is 5.92 Å². The lowest BCUT2D eigenvalue weighted by Gasteiger charge is -2.20. The largest absolute Gasteiger partial charge is 0.369 e. The van der Waals surface area contributed by atoms with Gasteiger partial charge in [0.1, 0.15) is 5.82 Å². The van der Waals surface area contributed by atoms with E-state index < -0.39 is 0 Å². The van der Waals surface area contributed by atoms with Gasteiger partial charge in [-0.2, -0.15) is 0 Å². The topological polar surface area (TPSA) is 41.1 Å². The smallest absolute Gasteiger partial charge is 0.144 e. The molecule has 0 amide bonds. The van der Waals surface area contributed by atoms with Crippen LogP contribution < -0.4 is 5.32 Å². The predicted octanol–water partition coefficient (Wildman–Crippen LogP) is 2.53. The molecule has 0 aromatic carbocycles. The molecule has 0 radical (unpaired) electrons. The second-order valence-corrected chi connectivity index (χ2v) is 5.27. The summed E-state index contributed by atoms with van der Waals surface area (Å²) < 4.78 is 0. The zero-order valence-electron chi connectivity index (χ0n) is 11.5. The van der Waals surface area contributed by atoms with Crippen molar-refractivity contribution in [1.82, 2.24) is 14.9 Å². The van der Waals surface area contributed by atoms with Gasteiger partial charge in [0.25, 0.3) is 0 Å². The van der Waals surface area contributed by atoms with E-state index in [0.717, 1.165) is 30.5 Å². The molecule has 4 nitrogen and oxygen atoms in total. The quantitative estimate of drug-likeness (QED) is 0.840. The van der Waals surface area contributed by atoms with Crippen LogP contribution >= 0.6 is 0 Å². The number of aromatic nitrogens is 2. The molecule has 1 aromatic rings. The first kappa shape index (κ1) is 13.3. The van der Waals surface area contributed by atoms with E-state index in [-0.39, 0.29) is 0 Å². The van der Waals surface area contributed by atoms with Gasteiger partial charge in [0, 0.05) is 19.6 Å². The fraction of sp³-hybridized carbons (Fsp3) is 0.714. The monoisotopic (exact) mass is 248 g/mol. The van der Waals surface area contributed by atoms with Crippen LogP contribution in [0.4, 0.5) is 5.82 Å². The van der Waals surface area contributed by atoms with Crippen molar-refractivity contribution >= 4 is 5.82 Å². The number of hydrogen-bond donors (Lipinski definition) is 1. The number of nitrogens with zero attached hydrogens (tertiary/aromatic N) is 3. The third-order valence-corrected chi connectivity index (χ3v) is 3.54. The van der Waals surface area contributed by atoms with Gasteiger partial charge in [-0.05, 0) is 32.7 Å². The van der Waals surface area contributed by atoms with Gasteiger partial charge in [-0.3, -0.25) is 4.98 Å². The van der Waals surface area contributed by atoms with E-state index >= 15 is 0 Å². The Morgan fingerprint density at radius 3 is 2.67 bits per heavy atom. The van der Waals surface area contributed by atoms with Crippen molar-refractivity contribution < 1.29 is 0 Å². The molecule has 0 spiro atoms. The third kappa shape index (κ3) is 3.95. The SMILES string of the molecule is CCNc1cnc(CN(C)CC2CCCC2)cn1. The average Bonchev–Trinajstić information content (AvgIpc) is 2.84. The third-order valence-electron chi connectivity index (χ3n) is 3.54. The Balaban J connectivity index is 1.80. The minimum atomic E-state index is 0.861. The van der Waals surface area contributed by atoms with E-state index in [0.29, 0.717) is 0 Å². The van der Waals surface area contributed by atoms with Crippen LogP contribution in [0.1, 0.15) is 38.3 Å². The Labute approximate surface area is 110 Å². The number of nitrogens with one attached hydrogen (secondary N) is 1. The van der Waals surface area contributed by atoms with Crippen molar-refractivity contribution in [2.24, 2.45) is 5.92 Å². The molecule has 1 heterocycles. The molecule has 4 heteroatoms. The van der Waals surface area contributed by atoms with Crippen molar-refractivity contribution in [3.05, 3.63) is 18.1 Å². The molecule has 1 fully saturated rings. The molecule has 1 aliphatic rings. The van der Waals surface area contributed by atoms with Crippen molar-refractivity contribution in [1.29, 1.82) is 0 Å². The molecule has 100 valence electrons. The highest BCUT2D eigenvalue weighted by Crippen LogP contribution is 2.25. The van der Waals surface area contributed by atoms with Crippen LogP contribution in [0.3, 0.4) is 0 Å². The summed E-state index contributed by atoms with van der Waals surface area (Å²) in [4.78, 5) is 11.2. The lowest BCUT2D eigenvalue weighted by atomic mass is 10.1. The Hall–Kier alpha value is -1.16. The van der Waals surface area contributed by atoms with E-state index in [2.05, 4.69) is 34.2 Å². The summed E-state index contributed by atoms with van der Waals surface area (Å²) in [5, 5.41) is 3.16. The van der Waals surface area contributed by atoms with E-state index in [4.69, 9.17) is 0 Å². The van der Waals surface area contributed by atoms with Crippen molar-refractivity contribution in [3.8, 4) is 0 Å². The predicted molar refractivity (Wildman–Crippen MR) is 74.5 cm³/mol. The maximum Gasteiger partial charge on any atom is 0.144 e. The van der Waals surface area contributed by atoms with Gasteiger partial charge in [0.15, 0.2) is 0 Å². The second-order valence-electron chi connectivity index (χ2n) is 5.27. The summed E-state index contributed by atoms with van der Waals surface area (Å²) in [5.41, 5.74) is 1.05. The first-order valence-electron chi connectivity index (χ1n) is 7.01. The molecule has 0 aliphatic heterocycles. The first-order chi connectivity index (χ1) is 8.78. The Morgan fingerprint density at radius 2 is 2.06 bits per heavy atom. The molecular formula is C14H24N4. The molecule has 18 heavy (non-hydrogen) atoms. The fourth-order valence-corrected chi connectivity index (χ4v) is 2.68. The van der Waals surface area contributed by atoms with Gasteiger partial charge in [-0.25, -0.2) is 4.98 Å². The maximum absolute atomic E-state index is 4.45. The number of anilines is 1. The summed E-state index contributed by atoms with van der Waals surface area (Å²) in [5.74, 6) is 1.75. The molecule has 0 unspecified atom stereocenters. The van der Waals surface area contributed by atoms with E-state index in [1.54, 1.807) is 0 Å². The summed E-state index contributed by atoms with van der Waals surface area (Å²) in [6.45, 7) is 5.03. The van der Waals surface area contributed by atoms with Gasteiger partial charge in [-0.1, -0.05) is 12.8 Å². The average molecular weight is 248 g/mol. The molecule has 1 aromatic heterocycles. The van der Waals surface area contributed by atoms with Crippen LogP contribution in [0.2, 0.25) is 0 Å². The van der Waals surface area contributed by atoms with Gasteiger partial charge in [0.2, 0.25) is 0 Å². The van der Waals surface area contributed by atoms with Gasteiger partial charge in [0.05, 0.1) is 18.1 Å². The summed E-state index contributed by atoms with van der Waals surface area (Å²) in [6, 6.07) is 0. The minimum Gasteiger partial charge on any atom is -0.369 e. The second kappa shape index (κ2) is 6.69. The van der Waals surface area contributed by atoms with Crippen LogP contribution in [-0.4, -0.2) is 35.0 Å². The number of rotatable bonds is 6. The van der Waals surface area contributed by atoms with Crippen molar-refractivity contribution in [3.63, 3.8) is 0 Å². The Morgan fingerprint density at radius 1 is 1.28 bits per heavy atom. The lowest BCUT2D eigenvalue weighted by Crippen LogP contribution is -2.24. The lowest BCUT2D eigenvalue weighted by molar-refractivity contribution is 0.268. The molecular weight excluding hydrogens is 224 g/mol. The van der Waals surface area contributed by atoms with E-state index in [1.165, 1.54) is 32.2 Å². The zero-order valence-corrected chi connectivity index (χ0v) is 11.5. The molecule has 1 saturated carbocycles. The highest BCUT2D eigenvalue weighted by molar-refractivity contribution is 5.30. The molecule has 0 atom stereocenters. The van der Waals surface area contributed by atoms with Gasteiger partial charge >= 0.3 is 0 Å². The molecule has 0 bridgehead atoms. The number of hydrogen-bond acceptors (Lipinski definition) is 4. The highest BCUT2D eigenvalue weighted by atomic mass is 15.1. The first-order valence-corrected chi connectivity index (χ1v) is 7.01. The van der Waals surface area contributed by atoms with Crippen LogP contribution in [0.15, 0.2) is 12.4 Å². The summed E-state index contributed by atoms with van der Waals surface area (Å²) >= 11 is 0. The fourth-order valence-electron chi connectivity index (χ4n) is 2.68. The molecule has 0 saturated heterocycles. The van der Waals surface area contributed by atoms with Crippen LogP contribution in [0.5, 0.6) is 0 Å². The van der Waals surface area contributed by atoms with E-state index in [9.17, 15) is 0 Å². The summed E-state index contributed by atoms with van der Waals surface area (Å²) in [7, 11) is 2.18.